The summed E-state index contributed by atoms with van der Waals surface area (Å²) in [5, 5.41) is 16.2. The van der Waals surface area contributed by atoms with Gasteiger partial charge in [-0.25, -0.2) is 4.79 Å². The number of rotatable bonds is 7. The molecule has 0 aliphatic rings. The van der Waals surface area contributed by atoms with Crippen LogP contribution in [0.5, 0.6) is 5.88 Å². The van der Waals surface area contributed by atoms with E-state index in [0.29, 0.717) is 17.4 Å². The van der Waals surface area contributed by atoms with Gasteiger partial charge in [0.2, 0.25) is 5.88 Å². The fourth-order valence-corrected chi connectivity index (χ4v) is 3.39. The molecule has 0 saturated carbocycles. The zero-order valence-corrected chi connectivity index (χ0v) is 16.5. The number of hydrogen-bond donors (Lipinski definition) is 0. The Hall–Kier alpha value is -2.64. The van der Waals surface area contributed by atoms with Crippen molar-refractivity contribution in [2.45, 2.75) is 32.7 Å². The van der Waals surface area contributed by atoms with Crippen LogP contribution in [0.15, 0.2) is 36.4 Å². The first-order valence-corrected chi connectivity index (χ1v) is 9.49. The minimum atomic E-state index is -0.776. The summed E-state index contributed by atoms with van der Waals surface area (Å²) in [7, 11) is 0. The van der Waals surface area contributed by atoms with Crippen molar-refractivity contribution in [3.63, 3.8) is 0 Å². The largest absolute Gasteiger partial charge is 0.401 e. The first kappa shape index (κ1) is 20.1. The van der Waals surface area contributed by atoms with Gasteiger partial charge in [-0.3, -0.25) is 14.8 Å². The number of unbranched alkanes of at least 4 members (excludes halogenated alkanes) is 2. The van der Waals surface area contributed by atoms with Gasteiger partial charge < -0.3 is 4.74 Å². The van der Waals surface area contributed by atoms with Crippen molar-refractivity contribution in [3.8, 4) is 5.88 Å². The van der Waals surface area contributed by atoms with Gasteiger partial charge in [0.05, 0.1) is 31.4 Å². The van der Waals surface area contributed by atoms with E-state index in [4.69, 9.17) is 27.9 Å². The smallest absolute Gasteiger partial charge is 0.347 e. The van der Waals surface area contributed by atoms with Gasteiger partial charge in [-0.05, 0) is 24.6 Å². The maximum Gasteiger partial charge on any atom is 0.347 e. The molecule has 146 valence electrons. The molecule has 3 rings (SSSR count). The molecule has 7 nitrogen and oxygen atoms in total. The minimum absolute atomic E-state index is 0.0174. The molecular formula is C19H17Cl2N3O4. The van der Waals surface area contributed by atoms with Crippen LogP contribution in [0.25, 0.3) is 10.9 Å². The van der Waals surface area contributed by atoms with E-state index in [1.54, 1.807) is 16.8 Å². The molecule has 0 atom stereocenters. The lowest BCUT2D eigenvalue weighted by atomic mass is 10.2. The maximum atomic E-state index is 12.6. The predicted molar refractivity (Wildman–Crippen MR) is 107 cm³/mol. The lowest BCUT2D eigenvalue weighted by molar-refractivity contribution is -0.384. The SMILES string of the molecule is CCCCCn1nc(OC(=O)c2c(Cl)cccc2Cl)c2cc([N+](=O)[O-])ccc21. The zero-order chi connectivity index (χ0) is 20.3. The van der Waals surface area contributed by atoms with E-state index >= 15 is 0 Å². The summed E-state index contributed by atoms with van der Waals surface area (Å²) in [6.07, 6.45) is 2.93. The fourth-order valence-electron chi connectivity index (χ4n) is 2.84. The van der Waals surface area contributed by atoms with Crippen molar-refractivity contribution in [3.05, 3.63) is 62.1 Å². The van der Waals surface area contributed by atoms with E-state index in [2.05, 4.69) is 12.0 Å². The number of fused-ring (bicyclic) bond motifs is 1. The second kappa shape index (κ2) is 8.58. The van der Waals surface area contributed by atoms with Gasteiger partial charge in [-0.15, -0.1) is 5.10 Å². The number of halogens is 2. The Labute approximate surface area is 171 Å². The van der Waals surface area contributed by atoms with Crippen molar-refractivity contribution in [2.75, 3.05) is 0 Å². The van der Waals surface area contributed by atoms with Crippen LogP contribution in [0.3, 0.4) is 0 Å². The quantitative estimate of drug-likeness (QED) is 0.212. The molecule has 0 radical (unpaired) electrons. The number of carbonyl (C=O) groups is 1. The molecule has 0 unspecified atom stereocenters. The van der Waals surface area contributed by atoms with Crippen LogP contribution in [-0.2, 0) is 6.54 Å². The van der Waals surface area contributed by atoms with Crippen molar-refractivity contribution < 1.29 is 14.5 Å². The van der Waals surface area contributed by atoms with Crippen molar-refractivity contribution in [1.82, 2.24) is 9.78 Å². The molecular weight excluding hydrogens is 405 g/mol. The standard InChI is InChI=1S/C19H17Cl2N3O4/c1-2-3-4-10-23-16-9-8-12(24(26)27)11-13(16)18(22-23)28-19(25)17-14(20)6-5-7-15(17)21/h5-9,11H,2-4,10H2,1H3. The van der Waals surface area contributed by atoms with E-state index in [1.807, 2.05) is 0 Å². The van der Waals surface area contributed by atoms with E-state index in [9.17, 15) is 14.9 Å². The Morgan fingerprint density at radius 1 is 1.21 bits per heavy atom. The highest BCUT2D eigenvalue weighted by atomic mass is 35.5. The molecule has 0 bridgehead atoms. The minimum Gasteiger partial charge on any atom is -0.401 e. The first-order chi connectivity index (χ1) is 13.4. The van der Waals surface area contributed by atoms with Gasteiger partial charge in [0.1, 0.15) is 0 Å². The molecule has 0 spiro atoms. The van der Waals surface area contributed by atoms with Crippen LogP contribution in [0.1, 0.15) is 36.5 Å². The highest BCUT2D eigenvalue weighted by Gasteiger charge is 2.22. The predicted octanol–water partition coefficient (Wildman–Crippen LogP) is 5.66. The highest BCUT2D eigenvalue weighted by Crippen LogP contribution is 2.31. The number of benzene rings is 2. The molecule has 1 aromatic heterocycles. The summed E-state index contributed by atoms with van der Waals surface area (Å²) >= 11 is 12.1. The van der Waals surface area contributed by atoms with Crippen LogP contribution in [0.4, 0.5) is 5.69 Å². The molecule has 1 heterocycles. The number of non-ortho nitro benzene ring substituents is 1. The summed E-state index contributed by atoms with van der Waals surface area (Å²) in [5.74, 6) is -0.793. The first-order valence-electron chi connectivity index (χ1n) is 8.73. The third-order valence-corrected chi connectivity index (χ3v) is 4.87. The van der Waals surface area contributed by atoms with Gasteiger partial charge in [0.25, 0.3) is 5.69 Å². The Morgan fingerprint density at radius 3 is 2.57 bits per heavy atom. The number of aromatic nitrogens is 2. The van der Waals surface area contributed by atoms with E-state index in [1.165, 1.54) is 24.3 Å². The van der Waals surface area contributed by atoms with E-state index in [0.717, 1.165) is 19.3 Å². The number of carbonyl (C=O) groups excluding carboxylic acids is 1. The second-order valence-electron chi connectivity index (χ2n) is 6.18. The molecule has 0 fully saturated rings. The van der Waals surface area contributed by atoms with Crippen molar-refractivity contribution in [2.24, 2.45) is 0 Å². The van der Waals surface area contributed by atoms with Crippen LogP contribution < -0.4 is 4.74 Å². The van der Waals surface area contributed by atoms with Gasteiger partial charge in [-0.2, -0.15) is 0 Å². The summed E-state index contributed by atoms with van der Waals surface area (Å²) in [6.45, 7) is 2.69. The van der Waals surface area contributed by atoms with Crippen molar-refractivity contribution >= 4 is 45.8 Å². The van der Waals surface area contributed by atoms with E-state index in [-0.39, 0.29) is 27.2 Å². The molecule has 0 aliphatic carbocycles. The summed E-state index contributed by atoms with van der Waals surface area (Å²) in [6, 6.07) is 9.01. The lowest BCUT2D eigenvalue weighted by Crippen LogP contribution is -2.11. The molecule has 0 N–H and O–H groups in total. The molecule has 0 saturated heterocycles. The number of nitro benzene ring substituents is 1. The van der Waals surface area contributed by atoms with Gasteiger partial charge in [0, 0.05) is 18.7 Å². The van der Waals surface area contributed by atoms with Crippen molar-refractivity contribution in [1.29, 1.82) is 0 Å². The lowest BCUT2D eigenvalue weighted by Gasteiger charge is -2.05. The van der Waals surface area contributed by atoms with Crippen LogP contribution in [-0.4, -0.2) is 20.7 Å². The second-order valence-corrected chi connectivity index (χ2v) is 6.99. The van der Waals surface area contributed by atoms with E-state index < -0.39 is 10.9 Å². The molecule has 28 heavy (non-hydrogen) atoms. The number of hydrogen-bond acceptors (Lipinski definition) is 5. The third kappa shape index (κ3) is 4.10. The number of aryl methyl sites for hydroxylation is 1. The number of nitrogens with zero attached hydrogens (tertiary/aromatic N) is 3. The summed E-state index contributed by atoms with van der Waals surface area (Å²) in [4.78, 5) is 23.2. The van der Waals surface area contributed by atoms with Gasteiger partial charge in [0.15, 0.2) is 0 Å². The number of esters is 1. The Kier molecular flexibility index (Phi) is 6.16. The van der Waals surface area contributed by atoms with Crippen LogP contribution in [0, 0.1) is 10.1 Å². The average molecular weight is 422 g/mol. The molecule has 0 amide bonds. The summed E-state index contributed by atoms with van der Waals surface area (Å²) < 4.78 is 7.12. The normalized spacial score (nSPS) is 11.0. The molecule has 9 heteroatoms. The highest BCUT2D eigenvalue weighted by molar-refractivity contribution is 6.39. The number of nitro groups is 1. The Balaban J connectivity index is 2.02. The van der Waals surface area contributed by atoms with Gasteiger partial charge in [-0.1, -0.05) is 49.0 Å². The molecule has 0 aliphatic heterocycles. The number of ether oxygens (including phenoxy) is 1. The molecule has 2 aromatic carbocycles. The monoisotopic (exact) mass is 421 g/mol. The third-order valence-electron chi connectivity index (χ3n) is 4.24. The average Bonchev–Trinajstić information content (AvgIpc) is 2.98. The van der Waals surface area contributed by atoms with Gasteiger partial charge >= 0.3 is 5.97 Å². The van der Waals surface area contributed by atoms with Crippen LogP contribution >= 0.6 is 23.2 Å². The maximum absolute atomic E-state index is 12.6. The Morgan fingerprint density at radius 2 is 1.93 bits per heavy atom. The Bertz CT molecular complexity index is 1030. The van der Waals surface area contributed by atoms with Crippen LogP contribution in [0.2, 0.25) is 10.0 Å². The fraction of sp³-hybridized carbons (Fsp3) is 0.263. The molecule has 3 aromatic rings. The topological polar surface area (TPSA) is 87.3 Å². The zero-order valence-electron chi connectivity index (χ0n) is 15.0. The summed E-state index contributed by atoms with van der Waals surface area (Å²) in [5.41, 5.74) is 0.549.